The summed E-state index contributed by atoms with van der Waals surface area (Å²) in [6.45, 7) is 3.71. The first-order chi connectivity index (χ1) is 11.2. The number of benzene rings is 2. The predicted molar refractivity (Wildman–Crippen MR) is 91.1 cm³/mol. The van der Waals surface area contributed by atoms with Gasteiger partial charge in [0.15, 0.2) is 0 Å². The van der Waals surface area contributed by atoms with E-state index >= 15 is 0 Å². The summed E-state index contributed by atoms with van der Waals surface area (Å²) in [6, 6.07) is 16.3. The fourth-order valence-electron chi connectivity index (χ4n) is 3.90. The quantitative estimate of drug-likeness (QED) is 0.837. The van der Waals surface area contributed by atoms with Crippen LogP contribution in [-0.2, 0) is 6.54 Å². The maximum atomic E-state index is 12.3. The predicted octanol–water partition coefficient (Wildman–Crippen LogP) is 2.23. The molecule has 2 aliphatic heterocycles. The number of fused-ring (bicyclic) bond motifs is 3. The molecule has 0 aromatic heterocycles. The molecular formula is C19H21N3O. The van der Waals surface area contributed by atoms with E-state index in [0.29, 0.717) is 17.5 Å². The van der Waals surface area contributed by atoms with Crippen molar-refractivity contribution in [1.82, 2.24) is 10.2 Å². The number of anilines is 1. The SMILES string of the molecule is Nc1ccc2c(c1)C(=O)NC[C@H]1CN(Cc3ccccc3)C[C@@H]21. The summed E-state index contributed by atoms with van der Waals surface area (Å²) in [5, 5.41) is 3.06. The highest BCUT2D eigenvalue weighted by molar-refractivity contribution is 5.97. The van der Waals surface area contributed by atoms with Crippen LogP contribution in [0, 0.1) is 5.92 Å². The third-order valence-electron chi connectivity index (χ3n) is 5.01. The molecule has 2 heterocycles. The van der Waals surface area contributed by atoms with E-state index in [0.717, 1.165) is 37.3 Å². The number of nitrogen functional groups attached to an aromatic ring is 1. The molecule has 4 rings (SSSR count). The minimum absolute atomic E-state index is 0.0105. The second-order valence-corrected chi connectivity index (χ2v) is 6.60. The first-order valence-electron chi connectivity index (χ1n) is 8.14. The summed E-state index contributed by atoms with van der Waals surface area (Å²) in [7, 11) is 0. The van der Waals surface area contributed by atoms with Crippen LogP contribution in [-0.4, -0.2) is 30.4 Å². The minimum Gasteiger partial charge on any atom is -0.399 e. The third kappa shape index (κ3) is 2.70. The Morgan fingerprint density at radius 1 is 1.13 bits per heavy atom. The van der Waals surface area contributed by atoms with Crippen molar-refractivity contribution in [3.8, 4) is 0 Å². The Bertz CT molecular complexity index is 729. The number of hydrogen-bond acceptors (Lipinski definition) is 3. The van der Waals surface area contributed by atoms with Crippen LogP contribution in [0.15, 0.2) is 48.5 Å². The second kappa shape index (κ2) is 5.70. The highest BCUT2D eigenvalue weighted by atomic mass is 16.1. The van der Waals surface area contributed by atoms with E-state index in [4.69, 9.17) is 5.73 Å². The number of carbonyl (C=O) groups excluding carboxylic acids is 1. The van der Waals surface area contributed by atoms with E-state index in [9.17, 15) is 4.79 Å². The van der Waals surface area contributed by atoms with Crippen molar-refractivity contribution in [1.29, 1.82) is 0 Å². The molecule has 0 radical (unpaired) electrons. The van der Waals surface area contributed by atoms with E-state index in [-0.39, 0.29) is 5.91 Å². The third-order valence-corrected chi connectivity index (χ3v) is 5.01. The smallest absolute Gasteiger partial charge is 0.251 e. The molecule has 2 aliphatic rings. The number of hydrogen-bond donors (Lipinski definition) is 2. The Morgan fingerprint density at radius 3 is 2.78 bits per heavy atom. The zero-order chi connectivity index (χ0) is 15.8. The Kier molecular flexibility index (Phi) is 3.54. The Hall–Kier alpha value is -2.33. The number of likely N-dealkylation sites (tertiary alicyclic amines) is 1. The first kappa shape index (κ1) is 14.3. The Labute approximate surface area is 136 Å². The topological polar surface area (TPSA) is 58.4 Å². The van der Waals surface area contributed by atoms with Gasteiger partial charge in [-0.25, -0.2) is 0 Å². The lowest BCUT2D eigenvalue weighted by Crippen LogP contribution is -2.29. The van der Waals surface area contributed by atoms with Crippen molar-refractivity contribution < 1.29 is 4.79 Å². The summed E-state index contributed by atoms with van der Waals surface area (Å²) in [5.41, 5.74) is 9.76. The van der Waals surface area contributed by atoms with E-state index in [1.54, 1.807) is 0 Å². The molecule has 2 aromatic rings. The molecule has 2 atom stereocenters. The molecule has 118 valence electrons. The van der Waals surface area contributed by atoms with Crippen molar-refractivity contribution >= 4 is 11.6 Å². The van der Waals surface area contributed by atoms with E-state index in [2.05, 4.69) is 34.5 Å². The Balaban J connectivity index is 1.60. The molecule has 0 unspecified atom stereocenters. The van der Waals surface area contributed by atoms with Crippen molar-refractivity contribution in [3.63, 3.8) is 0 Å². The van der Waals surface area contributed by atoms with Crippen molar-refractivity contribution in [2.75, 3.05) is 25.4 Å². The van der Waals surface area contributed by atoms with Gasteiger partial charge in [-0.15, -0.1) is 0 Å². The molecule has 0 saturated carbocycles. The average Bonchev–Trinajstić information content (AvgIpc) is 2.91. The highest BCUT2D eigenvalue weighted by Crippen LogP contribution is 2.37. The second-order valence-electron chi connectivity index (χ2n) is 6.60. The maximum Gasteiger partial charge on any atom is 0.251 e. The van der Waals surface area contributed by atoms with Gasteiger partial charge in [0.05, 0.1) is 0 Å². The molecule has 1 fully saturated rings. The van der Waals surface area contributed by atoms with Crippen LogP contribution in [0.3, 0.4) is 0 Å². The standard InChI is InChI=1S/C19H21N3O/c20-15-6-7-16-17(8-15)19(23)21-9-14-11-22(12-18(14)16)10-13-4-2-1-3-5-13/h1-8,14,18H,9-12,20H2,(H,21,23)/t14-,18+/m0/s1. The molecule has 2 aromatic carbocycles. The minimum atomic E-state index is 0.0105. The number of nitrogens with zero attached hydrogens (tertiary/aromatic N) is 1. The molecule has 0 aliphatic carbocycles. The lowest BCUT2D eigenvalue weighted by molar-refractivity contribution is 0.0951. The molecule has 3 N–H and O–H groups in total. The van der Waals surface area contributed by atoms with Crippen molar-refractivity contribution in [3.05, 3.63) is 65.2 Å². The summed E-state index contributed by atoms with van der Waals surface area (Å²) in [6.07, 6.45) is 0. The molecule has 0 bridgehead atoms. The number of rotatable bonds is 2. The van der Waals surface area contributed by atoms with Gasteiger partial charge in [0.1, 0.15) is 0 Å². The van der Waals surface area contributed by atoms with Crippen LogP contribution in [0.25, 0.3) is 0 Å². The molecular weight excluding hydrogens is 286 g/mol. The van der Waals surface area contributed by atoms with E-state index in [1.807, 2.05) is 24.3 Å². The van der Waals surface area contributed by atoms with Crippen molar-refractivity contribution in [2.24, 2.45) is 5.92 Å². The summed E-state index contributed by atoms with van der Waals surface area (Å²) in [4.78, 5) is 14.8. The van der Waals surface area contributed by atoms with Gasteiger partial charge in [-0.2, -0.15) is 0 Å². The molecule has 4 heteroatoms. The maximum absolute atomic E-state index is 12.3. The van der Waals surface area contributed by atoms with Crippen LogP contribution in [0.2, 0.25) is 0 Å². The normalized spacial score (nSPS) is 23.7. The molecule has 1 amide bonds. The monoisotopic (exact) mass is 307 g/mol. The largest absolute Gasteiger partial charge is 0.399 e. The number of nitrogens with two attached hydrogens (primary N) is 1. The number of amides is 1. The van der Waals surface area contributed by atoms with Crippen LogP contribution in [0.1, 0.15) is 27.4 Å². The summed E-state index contributed by atoms with van der Waals surface area (Å²) < 4.78 is 0. The van der Waals surface area contributed by atoms with E-state index in [1.165, 1.54) is 5.56 Å². The van der Waals surface area contributed by atoms with Gasteiger partial charge in [-0.3, -0.25) is 9.69 Å². The number of nitrogens with one attached hydrogen (secondary N) is 1. The van der Waals surface area contributed by atoms with Crippen molar-refractivity contribution in [2.45, 2.75) is 12.5 Å². The summed E-state index contributed by atoms with van der Waals surface area (Å²) >= 11 is 0. The van der Waals surface area contributed by atoms with Crippen LogP contribution >= 0.6 is 0 Å². The fraction of sp³-hybridized carbons (Fsp3) is 0.316. The zero-order valence-corrected chi connectivity index (χ0v) is 13.0. The van der Waals surface area contributed by atoms with Gasteiger partial charge >= 0.3 is 0 Å². The molecule has 1 saturated heterocycles. The highest BCUT2D eigenvalue weighted by Gasteiger charge is 2.37. The lowest BCUT2D eigenvalue weighted by Gasteiger charge is -2.17. The van der Waals surface area contributed by atoms with Gasteiger partial charge in [-0.05, 0) is 29.2 Å². The van der Waals surface area contributed by atoms with Gasteiger partial charge in [-0.1, -0.05) is 36.4 Å². The first-order valence-corrected chi connectivity index (χ1v) is 8.14. The molecule has 0 spiro atoms. The lowest BCUT2D eigenvalue weighted by atomic mass is 9.87. The van der Waals surface area contributed by atoms with Crippen LogP contribution < -0.4 is 11.1 Å². The molecule has 4 nitrogen and oxygen atoms in total. The zero-order valence-electron chi connectivity index (χ0n) is 13.0. The van der Waals surface area contributed by atoms with Gasteiger partial charge < -0.3 is 11.1 Å². The van der Waals surface area contributed by atoms with Gasteiger partial charge in [0.25, 0.3) is 5.91 Å². The van der Waals surface area contributed by atoms with E-state index < -0.39 is 0 Å². The van der Waals surface area contributed by atoms with Gasteiger partial charge in [0, 0.05) is 43.3 Å². The average molecular weight is 307 g/mol. The van der Waals surface area contributed by atoms with Crippen LogP contribution in [0.5, 0.6) is 0 Å². The summed E-state index contributed by atoms with van der Waals surface area (Å²) in [5.74, 6) is 0.872. The molecule has 23 heavy (non-hydrogen) atoms. The number of carbonyl (C=O) groups is 1. The Morgan fingerprint density at radius 2 is 1.96 bits per heavy atom. The van der Waals surface area contributed by atoms with Crippen LogP contribution in [0.4, 0.5) is 5.69 Å². The fourth-order valence-corrected chi connectivity index (χ4v) is 3.90. The van der Waals surface area contributed by atoms with Gasteiger partial charge in [0.2, 0.25) is 0 Å².